The molecule has 3 nitrogen and oxygen atoms in total. The fraction of sp³-hybridized carbons (Fsp3) is 0.333. The number of ether oxygens (including phenoxy) is 1. The Balaban J connectivity index is 3.19. The molecule has 7 heteroatoms. The summed E-state index contributed by atoms with van der Waals surface area (Å²) in [5.41, 5.74) is 0. The summed E-state index contributed by atoms with van der Waals surface area (Å²) in [5.74, 6) is -3.21. The molecule has 1 aromatic carbocycles. The van der Waals surface area contributed by atoms with Crippen molar-refractivity contribution >= 4 is 19.7 Å². The molecular formula is C9H9ClF2O3S. The van der Waals surface area contributed by atoms with E-state index in [9.17, 15) is 17.2 Å². The van der Waals surface area contributed by atoms with Gasteiger partial charge < -0.3 is 4.74 Å². The number of hydrogen-bond donors (Lipinski definition) is 0. The number of halogens is 3. The van der Waals surface area contributed by atoms with Gasteiger partial charge >= 0.3 is 0 Å². The minimum atomic E-state index is -4.29. The van der Waals surface area contributed by atoms with Crippen molar-refractivity contribution in [2.75, 3.05) is 6.61 Å². The highest BCUT2D eigenvalue weighted by molar-refractivity contribution is 8.13. The van der Waals surface area contributed by atoms with Crippen molar-refractivity contribution in [3.8, 4) is 5.75 Å². The van der Waals surface area contributed by atoms with Gasteiger partial charge in [0.1, 0.15) is 4.90 Å². The van der Waals surface area contributed by atoms with Gasteiger partial charge in [0.2, 0.25) is 5.82 Å². The Labute approximate surface area is 96.4 Å². The molecule has 0 atom stereocenters. The quantitative estimate of drug-likeness (QED) is 0.790. The van der Waals surface area contributed by atoms with Gasteiger partial charge in [-0.2, -0.15) is 4.39 Å². The highest BCUT2D eigenvalue weighted by Crippen LogP contribution is 2.27. The lowest BCUT2D eigenvalue weighted by molar-refractivity contribution is 0.293. The van der Waals surface area contributed by atoms with Crippen molar-refractivity contribution in [3.63, 3.8) is 0 Å². The number of benzene rings is 1. The third-order valence-electron chi connectivity index (χ3n) is 1.74. The van der Waals surface area contributed by atoms with Crippen LogP contribution in [0.5, 0.6) is 5.75 Å². The molecule has 1 aromatic rings. The monoisotopic (exact) mass is 270 g/mol. The van der Waals surface area contributed by atoms with Gasteiger partial charge in [0.25, 0.3) is 9.05 Å². The second-order valence-corrected chi connectivity index (χ2v) is 5.51. The van der Waals surface area contributed by atoms with Crippen LogP contribution >= 0.6 is 10.7 Å². The largest absolute Gasteiger partial charge is 0.490 e. The molecule has 0 aliphatic rings. The molecular weight excluding hydrogens is 262 g/mol. The van der Waals surface area contributed by atoms with Crippen LogP contribution in [0.3, 0.4) is 0 Å². The molecule has 0 spiro atoms. The van der Waals surface area contributed by atoms with Gasteiger partial charge in [0.05, 0.1) is 6.61 Å². The first-order valence-electron chi connectivity index (χ1n) is 4.43. The molecule has 0 aliphatic heterocycles. The fourth-order valence-electron chi connectivity index (χ4n) is 1.03. The maximum Gasteiger partial charge on any atom is 0.264 e. The van der Waals surface area contributed by atoms with Crippen molar-refractivity contribution < 1.29 is 21.9 Å². The Kier molecular flexibility index (Phi) is 4.09. The third kappa shape index (κ3) is 2.82. The van der Waals surface area contributed by atoms with Crippen molar-refractivity contribution in [3.05, 3.63) is 23.8 Å². The van der Waals surface area contributed by atoms with E-state index in [1.165, 1.54) is 0 Å². The zero-order valence-electron chi connectivity index (χ0n) is 8.34. The smallest absolute Gasteiger partial charge is 0.264 e. The summed E-state index contributed by atoms with van der Waals surface area (Å²) in [7, 11) is 0.626. The molecule has 0 saturated carbocycles. The van der Waals surface area contributed by atoms with E-state index in [0.29, 0.717) is 6.42 Å². The van der Waals surface area contributed by atoms with Gasteiger partial charge in [0, 0.05) is 10.7 Å². The predicted octanol–water partition coefficient (Wildman–Crippen LogP) is 2.68. The minimum absolute atomic E-state index is 0.212. The van der Waals surface area contributed by atoms with Crippen LogP contribution in [0.2, 0.25) is 0 Å². The van der Waals surface area contributed by atoms with Gasteiger partial charge in [0.15, 0.2) is 11.6 Å². The van der Waals surface area contributed by atoms with Crippen LogP contribution in [0.15, 0.2) is 17.0 Å². The van der Waals surface area contributed by atoms with E-state index in [4.69, 9.17) is 15.4 Å². The summed E-state index contributed by atoms with van der Waals surface area (Å²) in [4.78, 5) is -0.893. The van der Waals surface area contributed by atoms with E-state index < -0.39 is 25.6 Å². The molecule has 0 aliphatic carbocycles. The van der Waals surface area contributed by atoms with E-state index in [1.54, 1.807) is 6.92 Å². The van der Waals surface area contributed by atoms with Gasteiger partial charge in [-0.25, -0.2) is 12.8 Å². The molecule has 1 rings (SSSR count). The molecule has 0 N–H and O–H groups in total. The van der Waals surface area contributed by atoms with E-state index >= 15 is 0 Å². The second-order valence-electron chi connectivity index (χ2n) is 2.98. The average Bonchev–Trinajstić information content (AvgIpc) is 2.18. The maximum absolute atomic E-state index is 13.3. The first kappa shape index (κ1) is 13.2. The van der Waals surface area contributed by atoms with Crippen LogP contribution in [-0.4, -0.2) is 15.0 Å². The van der Waals surface area contributed by atoms with Crippen LogP contribution < -0.4 is 4.74 Å². The molecule has 0 fully saturated rings. The summed E-state index contributed by atoms with van der Waals surface area (Å²) < 4.78 is 53.1. The number of hydrogen-bond acceptors (Lipinski definition) is 3. The molecule has 0 aromatic heterocycles. The molecule has 0 unspecified atom stereocenters. The van der Waals surface area contributed by atoms with Crippen LogP contribution in [0.4, 0.5) is 8.78 Å². The Morgan fingerprint density at radius 1 is 1.31 bits per heavy atom. The zero-order valence-corrected chi connectivity index (χ0v) is 9.91. The molecule has 0 bridgehead atoms. The van der Waals surface area contributed by atoms with Crippen molar-refractivity contribution in [2.45, 2.75) is 18.2 Å². The summed E-state index contributed by atoms with van der Waals surface area (Å²) >= 11 is 0. The van der Waals surface area contributed by atoms with Gasteiger partial charge in [-0.05, 0) is 18.6 Å². The summed E-state index contributed by atoms with van der Waals surface area (Å²) in [6.45, 7) is 2.01. The van der Waals surface area contributed by atoms with E-state index in [-0.39, 0.29) is 12.4 Å². The summed E-state index contributed by atoms with van der Waals surface area (Å²) in [6, 6.07) is 1.90. The van der Waals surface area contributed by atoms with Gasteiger partial charge in [-0.3, -0.25) is 0 Å². The third-order valence-corrected chi connectivity index (χ3v) is 3.08. The normalized spacial score (nSPS) is 11.5. The highest BCUT2D eigenvalue weighted by Gasteiger charge is 2.22. The second kappa shape index (κ2) is 4.97. The van der Waals surface area contributed by atoms with E-state index in [2.05, 4.69) is 0 Å². The summed E-state index contributed by atoms with van der Waals surface area (Å²) in [5, 5.41) is 0. The summed E-state index contributed by atoms with van der Waals surface area (Å²) in [6.07, 6.45) is 0.622. The molecule has 0 radical (unpaired) electrons. The lowest BCUT2D eigenvalue weighted by Crippen LogP contribution is -2.03. The molecule has 90 valence electrons. The van der Waals surface area contributed by atoms with Crippen LogP contribution in [0.1, 0.15) is 13.3 Å². The topological polar surface area (TPSA) is 43.4 Å². The van der Waals surface area contributed by atoms with Gasteiger partial charge in [-0.1, -0.05) is 6.92 Å². The predicted molar refractivity (Wildman–Crippen MR) is 55.2 cm³/mol. The van der Waals surface area contributed by atoms with E-state index in [0.717, 1.165) is 12.1 Å². The molecule has 0 amide bonds. The molecule has 0 saturated heterocycles. The molecule has 0 heterocycles. The molecule has 16 heavy (non-hydrogen) atoms. The lowest BCUT2D eigenvalue weighted by atomic mass is 10.3. The average molecular weight is 271 g/mol. The van der Waals surface area contributed by atoms with Crippen LogP contribution in [0, 0.1) is 11.6 Å². The maximum atomic E-state index is 13.3. The Morgan fingerprint density at radius 3 is 2.44 bits per heavy atom. The minimum Gasteiger partial charge on any atom is -0.490 e. The number of rotatable bonds is 4. The van der Waals surface area contributed by atoms with Crippen molar-refractivity contribution in [1.82, 2.24) is 0 Å². The van der Waals surface area contributed by atoms with Gasteiger partial charge in [-0.15, -0.1) is 0 Å². The Hall–Kier alpha value is -0.880. The van der Waals surface area contributed by atoms with Crippen molar-refractivity contribution in [1.29, 1.82) is 0 Å². The Bertz CT molecular complexity index is 488. The zero-order chi connectivity index (χ0) is 12.3. The SMILES string of the molecule is CCCOc1ccc(S(=O)(=O)Cl)c(F)c1F. The van der Waals surface area contributed by atoms with Crippen LogP contribution in [0.25, 0.3) is 0 Å². The van der Waals surface area contributed by atoms with Crippen LogP contribution in [-0.2, 0) is 9.05 Å². The standard InChI is InChI=1S/C9H9ClF2O3S/c1-2-5-15-6-3-4-7(16(10,13)14)9(12)8(6)11/h3-4H,2,5H2,1H3. The lowest BCUT2D eigenvalue weighted by Gasteiger charge is -2.07. The Morgan fingerprint density at radius 2 is 1.94 bits per heavy atom. The van der Waals surface area contributed by atoms with E-state index in [1.807, 2.05) is 0 Å². The first-order valence-corrected chi connectivity index (χ1v) is 6.74. The first-order chi connectivity index (χ1) is 7.38. The van der Waals surface area contributed by atoms with Crippen molar-refractivity contribution in [2.24, 2.45) is 0 Å². The highest BCUT2D eigenvalue weighted by atomic mass is 35.7. The fourth-order valence-corrected chi connectivity index (χ4v) is 1.92.